The fraction of sp³-hybridized carbons (Fsp3) is 0.667. The Bertz CT molecular complexity index is 351. The number of hydrogen-bond donors (Lipinski definition) is 1. The van der Waals surface area contributed by atoms with Gasteiger partial charge < -0.3 is 5.11 Å². The highest BCUT2D eigenvalue weighted by molar-refractivity contribution is 5.67. The average molecular weight is 237 g/mol. The number of aliphatic carboxylic acids is 1. The molecule has 1 aromatic rings. The monoisotopic (exact) mass is 237 g/mol. The molecular formula is C12H19N3O2. The van der Waals surface area contributed by atoms with Gasteiger partial charge in [0.05, 0.1) is 13.0 Å². The van der Waals surface area contributed by atoms with Crippen LogP contribution in [0.4, 0.5) is 0 Å². The number of aromatic nitrogens is 2. The smallest absolute Gasteiger partial charge is 0.304 e. The molecule has 94 valence electrons. The van der Waals surface area contributed by atoms with E-state index in [-0.39, 0.29) is 12.5 Å². The first-order valence-electron chi connectivity index (χ1n) is 6.19. The van der Waals surface area contributed by atoms with Crippen molar-refractivity contribution >= 4 is 5.97 Å². The maximum Gasteiger partial charge on any atom is 0.304 e. The molecule has 1 atom stereocenters. The van der Waals surface area contributed by atoms with Gasteiger partial charge in [-0.05, 0) is 25.5 Å². The van der Waals surface area contributed by atoms with Crippen LogP contribution < -0.4 is 0 Å². The van der Waals surface area contributed by atoms with Crippen LogP contribution in [0.3, 0.4) is 0 Å². The Labute approximate surface area is 101 Å². The molecule has 1 unspecified atom stereocenters. The lowest BCUT2D eigenvalue weighted by Gasteiger charge is -2.34. The molecule has 5 heteroatoms. The maximum atomic E-state index is 10.8. The first-order valence-corrected chi connectivity index (χ1v) is 6.19. The fourth-order valence-corrected chi connectivity index (χ4v) is 2.45. The largest absolute Gasteiger partial charge is 0.481 e. The number of nitrogens with zero attached hydrogens (tertiary/aromatic N) is 3. The summed E-state index contributed by atoms with van der Waals surface area (Å²) in [6.45, 7) is 2.74. The van der Waals surface area contributed by atoms with Crippen molar-refractivity contribution in [3.05, 3.63) is 18.5 Å². The molecule has 0 bridgehead atoms. The van der Waals surface area contributed by atoms with E-state index >= 15 is 0 Å². The van der Waals surface area contributed by atoms with Crippen molar-refractivity contribution < 1.29 is 9.90 Å². The van der Waals surface area contributed by atoms with Gasteiger partial charge in [0, 0.05) is 25.0 Å². The van der Waals surface area contributed by atoms with E-state index in [0.29, 0.717) is 0 Å². The van der Waals surface area contributed by atoms with E-state index in [9.17, 15) is 4.79 Å². The Balaban J connectivity index is 1.85. The summed E-state index contributed by atoms with van der Waals surface area (Å²) in [5.74, 6) is -0.694. The van der Waals surface area contributed by atoms with Crippen molar-refractivity contribution in [3.8, 4) is 0 Å². The van der Waals surface area contributed by atoms with E-state index in [1.165, 1.54) is 6.42 Å². The quantitative estimate of drug-likeness (QED) is 0.836. The third kappa shape index (κ3) is 3.56. The first-order chi connectivity index (χ1) is 8.25. The second kappa shape index (κ2) is 5.82. The Hall–Kier alpha value is -1.36. The second-order valence-electron chi connectivity index (χ2n) is 4.55. The maximum absolute atomic E-state index is 10.8. The molecule has 0 amide bonds. The summed E-state index contributed by atoms with van der Waals surface area (Å²) in [5.41, 5.74) is 0. The zero-order valence-corrected chi connectivity index (χ0v) is 9.96. The molecule has 1 aromatic heterocycles. The fourth-order valence-electron chi connectivity index (χ4n) is 2.45. The summed E-state index contributed by atoms with van der Waals surface area (Å²) >= 11 is 0. The van der Waals surface area contributed by atoms with Crippen molar-refractivity contribution in [1.82, 2.24) is 14.7 Å². The van der Waals surface area contributed by atoms with E-state index in [4.69, 9.17) is 5.11 Å². The molecule has 1 N–H and O–H groups in total. The first kappa shape index (κ1) is 12.1. The van der Waals surface area contributed by atoms with Gasteiger partial charge in [-0.25, -0.2) is 0 Å². The van der Waals surface area contributed by atoms with E-state index in [1.54, 1.807) is 6.20 Å². The lowest BCUT2D eigenvalue weighted by Crippen LogP contribution is -2.42. The van der Waals surface area contributed by atoms with Gasteiger partial charge in [0.25, 0.3) is 0 Å². The third-order valence-corrected chi connectivity index (χ3v) is 3.33. The number of carbonyl (C=O) groups is 1. The molecule has 17 heavy (non-hydrogen) atoms. The van der Waals surface area contributed by atoms with Crippen molar-refractivity contribution in [1.29, 1.82) is 0 Å². The van der Waals surface area contributed by atoms with Crippen LogP contribution in [0.2, 0.25) is 0 Å². The number of likely N-dealkylation sites (tertiary alicyclic amines) is 1. The van der Waals surface area contributed by atoms with Crippen LogP contribution in [0.5, 0.6) is 0 Å². The Morgan fingerprint density at radius 3 is 3.00 bits per heavy atom. The highest BCUT2D eigenvalue weighted by atomic mass is 16.4. The summed E-state index contributed by atoms with van der Waals surface area (Å²) in [5, 5.41) is 13.1. The Morgan fingerprint density at radius 2 is 2.29 bits per heavy atom. The molecule has 1 fully saturated rings. The molecule has 1 aliphatic rings. The molecule has 1 saturated heterocycles. The van der Waals surface area contributed by atoms with E-state index in [2.05, 4.69) is 10.00 Å². The van der Waals surface area contributed by atoms with Crippen LogP contribution in [0.25, 0.3) is 0 Å². The highest BCUT2D eigenvalue weighted by Crippen LogP contribution is 2.19. The van der Waals surface area contributed by atoms with Crippen molar-refractivity contribution in [2.24, 2.45) is 0 Å². The summed E-state index contributed by atoms with van der Waals surface area (Å²) in [6.07, 6.45) is 7.30. The van der Waals surface area contributed by atoms with Crippen LogP contribution in [-0.4, -0.2) is 44.9 Å². The van der Waals surface area contributed by atoms with Crippen molar-refractivity contribution in [2.75, 3.05) is 13.1 Å². The Morgan fingerprint density at radius 1 is 1.41 bits per heavy atom. The number of carboxylic acids is 1. The number of piperidine rings is 1. The van der Waals surface area contributed by atoms with E-state index in [1.807, 2.05) is 16.9 Å². The summed E-state index contributed by atoms with van der Waals surface area (Å²) in [6, 6.07) is 2.11. The predicted molar refractivity (Wildman–Crippen MR) is 63.7 cm³/mol. The molecule has 0 spiro atoms. The Kier molecular flexibility index (Phi) is 4.14. The van der Waals surface area contributed by atoms with Gasteiger partial charge in [-0.2, -0.15) is 5.10 Å². The van der Waals surface area contributed by atoms with Crippen LogP contribution in [0, 0.1) is 0 Å². The minimum absolute atomic E-state index is 0.205. The van der Waals surface area contributed by atoms with Gasteiger partial charge in [0.1, 0.15) is 0 Å². The van der Waals surface area contributed by atoms with Gasteiger partial charge in [-0.15, -0.1) is 0 Å². The van der Waals surface area contributed by atoms with Crippen molar-refractivity contribution in [2.45, 2.75) is 38.3 Å². The lowest BCUT2D eigenvalue weighted by atomic mass is 9.99. The predicted octanol–water partition coefficient (Wildman–Crippen LogP) is 1.21. The lowest BCUT2D eigenvalue weighted by molar-refractivity contribution is -0.138. The normalized spacial score (nSPS) is 21.5. The number of carboxylic acid groups (broad SMARTS) is 1. The van der Waals surface area contributed by atoms with Crippen LogP contribution in [0.1, 0.15) is 25.7 Å². The highest BCUT2D eigenvalue weighted by Gasteiger charge is 2.24. The number of rotatable bonds is 5. The third-order valence-electron chi connectivity index (χ3n) is 3.33. The zero-order valence-electron chi connectivity index (χ0n) is 9.96. The summed E-state index contributed by atoms with van der Waals surface area (Å²) in [7, 11) is 0. The van der Waals surface area contributed by atoms with Crippen LogP contribution >= 0.6 is 0 Å². The molecule has 0 aliphatic carbocycles. The average Bonchev–Trinajstić information content (AvgIpc) is 2.80. The minimum Gasteiger partial charge on any atom is -0.481 e. The topological polar surface area (TPSA) is 58.4 Å². The van der Waals surface area contributed by atoms with Gasteiger partial charge >= 0.3 is 5.97 Å². The van der Waals surface area contributed by atoms with Gasteiger partial charge in [0.2, 0.25) is 0 Å². The van der Waals surface area contributed by atoms with Gasteiger partial charge in [-0.3, -0.25) is 14.4 Å². The number of hydrogen-bond acceptors (Lipinski definition) is 3. The van der Waals surface area contributed by atoms with Crippen molar-refractivity contribution in [3.63, 3.8) is 0 Å². The SMILES string of the molecule is O=C(O)CC1CCCCN1CCn1cccn1. The van der Waals surface area contributed by atoms with Crippen LogP contribution in [-0.2, 0) is 11.3 Å². The van der Waals surface area contributed by atoms with E-state index < -0.39 is 5.97 Å². The summed E-state index contributed by atoms with van der Waals surface area (Å²) < 4.78 is 1.90. The summed E-state index contributed by atoms with van der Waals surface area (Å²) in [4.78, 5) is 13.1. The van der Waals surface area contributed by atoms with Gasteiger partial charge in [-0.1, -0.05) is 6.42 Å². The molecule has 1 aliphatic heterocycles. The molecule has 5 nitrogen and oxygen atoms in total. The standard InChI is InChI=1S/C12H19N3O2/c16-12(17)10-11-4-1-2-6-14(11)8-9-15-7-3-5-13-15/h3,5,7,11H,1-2,4,6,8-10H2,(H,16,17). The van der Waals surface area contributed by atoms with Crippen LogP contribution in [0.15, 0.2) is 18.5 Å². The zero-order chi connectivity index (χ0) is 12.1. The molecule has 0 saturated carbocycles. The minimum atomic E-state index is -0.694. The van der Waals surface area contributed by atoms with E-state index in [0.717, 1.165) is 32.5 Å². The molecular weight excluding hydrogens is 218 g/mol. The second-order valence-corrected chi connectivity index (χ2v) is 4.55. The molecule has 0 aromatic carbocycles. The van der Waals surface area contributed by atoms with Gasteiger partial charge in [0.15, 0.2) is 0 Å². The molecule has 2 rings (SSSR count). The molecule has 2 heterocycles. The molecule has 0 radical (unpaired) electrons.